The monoisotopic (exact) mass is 293 g/mol. The topological polar surface area (TPSA) is 39.9 Å². The van der Waals surface area contributed by atoms with E-state index in [1.54, 1.807) is 12.1 Å². The van der Waals surface area contributed by atoms with E-state index in [-0.39, 0.29) is 11.6 Å². The molecule has 0 N–H and O–H groups in total. The van der Waals surface area contributed by atoms with Crippen LogP contribution >= 0.6 is 11.8 Å². The van der Waals surface area contributed by atoms with Gasteiger partial charge >= 0.3 is 0 Å². The third-order valence-electron chi connectivity index (χ3n) is 2.80. The van der Waals surface area contributed by atoms with Crippen LogP contribution in [-0.4, -0.2) is 21.9 Å². The van der Waals surface area contributed by atoms with E-state index >= 15 is 0 Å². The van der Waals surface area contributed by atoms with Crippen molar-refractivity contribution in [2.75, 3.05) is 7.11 Å². The van der Waals surface area contributed by atoms with Gasteiger partial charge in [-0.3, -0.25) is 0 Å². The predicted octanol–water partition coefficient (Wildman–Crippen LogP) is 3.21. The molecule has 0 fully saturated rings. The summed E-state index contributed by atoms with van der Waals surface area (Å²) in [6.07, 6.45) is 1.80. The molecular formula is C14H16FN3OS. The van der Waals surface area contributed by atoms with Crippen LogP contribution in [0.2, 0.25) is 0 Å². The van der Waals surface area contributed by atoms with Crippen LogP contribution in [0.15, 0.2) is 36.0 Å². The van der Waals surface area contributed by atoms with Gasteiger partial charge in [-0.15, -0.1) is 16.8 Å². The molecule has 0 saturated heterocycles. The number of allylic oxidation sites excluding steroid dienone is 1. The Balaban J connectivity index is 2.09. The molecule has 0 atom stereocenters. The molecule has 0 aliphatic heterocycles. The van der Waals surface area contributed by atoms with Crippen molar-refractivity contribution in [2.24, 2.45) is 0 Å². The highest BCUT2D eigenvalue weighted by Crippen LogP contribution is 2.25. The van der Waals surface area contributed by atoms with Crippen LogP contribution < -0.4 is 4.74 Å². The quantitative estimate of drug-likeness (QED) is 0.605. The fourth-order valence-corrected chi connectivity index (χ4v) is 2.69. The van der Waals surface area contributed by atoms with Crippen LogP contribution in [0, 0.1) is 12.7 Å². The van der Waals surface area contributed by atoms with Gasteiger partial charge in [0.1, 0.15) is 5.82 Å². The number of hydrogen-bond acceptors (Lipinski definition) is 4. The van der Waals surface area contributed by atoms with Gasteiger partial charge in [-0.05, 0) is 24.6 Å². The van der Waals surface area contributed by atoms with Crippen LogP contribution in [0.1, 0.15) is 11.4 Å². The zero-order valence-corrected chi connectivity index (χ0v) is 12.3. The van der Waals surface area contributed by atoms with E-state index in [2.05, 4.69) is 16.8 Å². The molecule has 106 valence electrons. The minimum atomic E-state index is -0.352. The summed E-state index contributed by atoms with van der Waals surface area (Å²) in [5, 5.41) is 8.96. The Labute approximate surface area is 121 Å². The summed E-state index contributed by atoms with van der Waals surface area (Å²) in [4.78, 5) is 0. The Morgan fingerprint density at radius 1 is 1.45 bits per heavy atom. The second-order valence-electron chi connectivity index (χ2n) is 4.19. The molecule has 6 heteroatoms. The van der Waals surface area contributed by atoms with Crippen LogP contribution in [0.5, 0.6) is 5.75 Å². The van der Waals surface area contributed by atoms with Crippen molar-refractivity contribution in [3.8, 4) is 5.75 Å². The number of hydrogen-bond donors (Lipinski definition) is 0. The first-order valence-electron chi connectivity index (χ1n) is 6.11. The molecule has 4 nitrogen and oxygen atoms in total. The van der Waals surface area contributed by atoms with Gasteiger partial charge in [0, 0.05) is 12.3 Å². The first-order chi connectivity index (χ1) is 9.65. The zero-order valence-electron chi connectivity index (χ0n) is 11.5. The molecule has 2 aromatic rings. The summed E-state index contributed by atoms with van der Waals surface area (Å²) in [5.74, 6) is 1.36. The molecule has 0 bridgehead atoms. The van der Waals surface area contributed by atoms with Crippen LogP contribution in [0.25, 0.3) is 0 Å². The van der Waals surface area contributed by atoms with Gasteiger partial charge in [0.15, 0.2) is 16.7 Å². The Morgan fingerprint density at radius 2 is 2.25 bits per heavy atom. The number of ether oxygens (including phenoxy) is 1. The van der Waals surface area contributed by atoms with Crippen molar-refractivity contribution >= 4 is 11.8 Å². The van der Waals surface area contributed by atoms with Gasteiger partial charge in [0.25, 0.3) is 0 Å². The lowest BCUT2D eigenvalue weighted by Crippen LogP contribution is -2.00. The maximum atomic E-state index is 13.6. The number of aromatic nitrogens is 3. The molecule has 0 spiro atoms. The molecule has 0 amide bonds. The normalized spacial score (nSPS) is 10.6. The van der Waals surface area contributed by atoms with Crippen molar-refractivity contribution in [3.63, 3.8) is 0 Å². The summed E-state index contributed by atoms with van der Waals surface area (Å²) in [7, 11) is 1.45. The second kappa shape index (κ2) is 6.56. The molecule has 0 radical (unpaired) electrons. The summed E-state index contributed by atoms with van der Waals surface area (Å²) >= 11 is 1.52. The van der Waals surface area contributed by atoms with Crippen LogP contribution in [0.4, 0.5) is 4.39 Å². The van der Waals surface area contributed by atoms with Crippen LogP contribution in [0.3, 0.4) is 0 Å². The lowest BCUT2D eigenvalue weighted by atomic mass is 10.2. The zero-order chi connectivity index (χ0) is 14.5. The molecule has 2 rings (SSSR count). The number of methoxy groups -OCH3 is 1. The van der Waals surface area contributed by atoms with Crippen molar-refractivity contribution in [3.05, 3.63) is 48.1 Å². The smallest absolute Gasteiger partial charge is 0.191 e. The van der Waals surface area contributed by atoms with E-state index in [0.717, 1.165) is 16.5 Å². The molecular weight excluding hydrogens is 277 g/mol. The fourth-order valence-electron chi connectivity index (χ4n) is 1.76. The van der Waals surface area contributed by atoms with Crippen molar-refractivity contribution in [2.45, 2.75) is 24.4 Å². The lowest BCUT2D eigenvalue weighted by Gasteiger charge is -2.06. The molecule has 0 aliphatic rings. The maximum Gasteiger partial charge on any atom is 0.191 e. The molecule has 0 saturated carbocycles. The highest BCUT2D eigenvalue weighted by molar-refractivity contribution is 7.98. The van der Waals surface area contributed by atoms with Gasteiger partial charge in [-0.2, -0.15) is 0 Å². The number of benzene rings is 1. The first kappa shape index (κ1) is 14.6. The molecule has 1 heterocycles. The SMILES string of the molecule is C=CCn1c(C)nnc1SCc1ccc(OC)c(F)c1. The second-order valence-corrected chi connectivity index (χ2v) is 5.13. The maximum absolute atomic E-state index is 13.6. The molecule has 20 heavy (non-hydrogen) atoms. The molecule has 0 unspecified atom stereocenters. The highest BCUT2D eigenvalue weighted by Gasteiger charge is 2.09. The summed E-state index contributed by atoms with van der Waals surface area (Å²) in [5.41, 5.74) is 0.874. The van der Waals surface area contributed by atoms with Gasteiger partial charge in [0.2, 0.25) is 0 Å². The lowest BCUT2D eigenvalue weighted by molar-refractivity contribution is 0.386. The number of halogens is 1. The van der Waals surface area contributed by atoms with E-state index in [9.17, 15) is 4.39 Å². The molecule has 1 aromatic carbocycles. The van der Waals surface area contributed by atoms with E-state index < -0.39 is 0 Å². The third-order valence-corrected chi connectivity index (χ3v) is 3.84. The molecule has 0 aliphatic carbocycles. The highest BCUT2D eigenvalue weighted by atomic mass is 32.2. The number of thioether (sulfide) groups is 1. The summed E-state index contributed by atoms with van der Waals surface area (Å²) in [6, 6.07) is 4.95. The fraction of sp³-hybridized carbons (Fsp3) is 0.286. The average molecular weight is 293 g/mol. The Hall–Kier alpha value is -1.82. The van der Waals surface area contributed by atoms with Gasteiger partial charge in [-0.1, -0.05) is 23.9 Å². The predicted molar refractivity (Wildman–Crippen MR) is 77.5 cm³/mol. The number of rotatable bonds is 6. The largest absolute Gasteiger partial charge is 0.494 e. The van der Waals surface area contributed by atoms with Gasteiger partial charge in [0.05, 0.1) is 7.11 Å². The summed E-state index contributed by atoms with van der Waals surface area (Å²) < 4.78 is 20.5. The standard InChI is InChI=1S/C14H16FN3OS/c1-4-7-18-10(2)16-17-14(18)20-9-11-5-6-13(19-3)12(15)8-11/h4-6,8H,1,7,9H2,2-3H3. The summed E-state index contributed by atoms with van der Waals surface area (Å²) in [6.45, 7) is 6.28. The van der Waals surface area contributed by atoms with Gasteiger partial charge < -0.3 is 9.30 Å². The van der Waals surface area contributed by atoms with E-state index in [1.807, 2.05) is 17.6 Å². The van der Waals surface area contributed by atoms with E-state index in [4.69, 9.17) is 4.74 Å². The molecule has 1 aromatic heterocycles. The van der Waals surface area contributed by atoms with Gasteiger partial charge in [-0.25, -0.2) is 4.39 Å². The van der Waals surface area contributed by atoms with Crippen LogP contribution in [-0.2, 0) is 12.3 Å². The van der Waals surface area contributed by atoms with E-state index in [1.165, 1.54) is 24.9 Å². The average Bonchev–Trinajstić information content (AvgIpc) is 2.78. The van der Waals surface area contributed by atoms with E-state index in [0.29, 0.717) is 12.3 Å². The Kier molecular flexibility index (Phi) is 4.79. The minimum Gasteiger partial charge on any atom is -0.494 e. The number of nitrogens with zero attached hydrogens (tertiary/aromatic N) is 3. The van der Waals surface area contributed by atoms with Crippen molar-refractivity contribution in [1.82, 2.24) is 14.8 Å². The Morgan fingerprint density at radius 3 is 2.90 bits per heavy atom. The minimum absolute atomic E-state index is 0.254. The Bertz CT molecular complexity index is 612. The third kappa shape index (κ3) is 3.19. The van der Waals surface area contributed by atoms with Crippen molar-refractivity contribution < 1.29 is 9.13 Å². The number of aryl methyl sites for hydroxylation is 1. The van der Waals surface area contributed by atoms with Crippen molar-refractivity contribution in [1.29, 1.82) is 0 Å². The first-order valence-corrected chi connectivity index (χ1v) is 7.10.